The van der Waals surface area contributed by atoms with Crippen molar-refractivity contribution >= 4 is 43.9 Å². The van der Waals surface area contributed by atoms with E-state index in [1.54, 1.807) is 34.9 Å². The number of aryl methyl sites for hydroxylation is 1. The van der Waals surface area contributed by atoms with Gasteiger partial charge in [-0.05, 0) is 49.4 Å². The van der Waals surface area contributed by atoms with Crippen LogP contribution in [-0.4, -0.2) is 18.9 Å². The maximum atomic E-state index is 13.2. The number of amides is 1. The van der Waals surface area contributed by atoms with Crippen molar-refractivity contribution in [3.05, 3.63) is 89.6 Å². The van der Waals surface area contributed by atoms with Crippen LogP contribution in [0.1, 0.15) is 5.56 Å². The van der Waals surface area contributed by atoms with E-state index in [1.165, 1.54) is 18.3 Å². The molecular weight excluding hydrogens is 420 g/mol. The minimum Gasteiger partial charge on any atom is -0.337 e. The number of halogens is 1. The number of fused-ring (bicyclic) bond motifs is 1. The second kappa shape index (κ2) is 7.97. The average molecular weight is 439 g/mol. The maximum absolute atomic E-state index is 13.2. The van der Waals surface area contributed by atoms with Gasteiger partial charge in [-0.1, -0.05) is 47.5 Å². The Balaban J connectivity index is 1.69. The summed E-state index contributed by atoms with van der Waals surface area (Å²) in [6.45, 7) is 1.96. The van der Waals surface area contributed by atoms with Gasteiger partial charge in [0, 0.05) is 27.8 Å². The normalized spacial score (nSPS) is 11.5. The SMILES string of the molecule is Cc1ccc(NC(=O)Cn2cc(S(=O)(=O)c3ccc(Cl)cc3)c3ccccc32)cc1. The third-order valence-electron chi connectivity index (χ3n) is 4.81. The van der Waals surface area contributed by atoms with Gasteiger partial charge in [0.1, 0.15) is 6.54 Å². The highest BCUT2D eigenvalue weighted by atomic mass is 35.5. The van der Waals surface area contributed by atoms with Crippen LogP contribution in [0.4, 0.5) is 5.69 Å². The zero-order valence-corrected chi connectivity index (χ0v) is 17.7. The first-order valence-electron chi connectivity index (χ1n) is 9.30. The molecule has 3 aromatic carbocycles. The molecule has 0 aliphatic carbocycles. The Hall–Kier alpha value is -3.09. The minimum atomic E-state index is -3.77. The number of aromatic nitrogens is 1. The van der Waals surface area contributed by atoms with Gasteiger partial charge in [-0.25, -0.2) is 8.42 Å². The van der Waals surface area contributed by atoms with Gasteiger partial charge in [0.25, 0.3) is 0 Å². The first kappa shape index (κ1) is 20.2. The number of para-hydroxylation sites is 1. The molecule has 1 heterocycles. The van der Waals surface area contributed by atoms with Crippen molar-refractivity contribution in [3.63, 3.8) is 0 Å². The molecule has 0 fully saturated rings. The fourth-order valence-corrected chi connectivity index (χ4v) is 4.89. The predicted molar refractivity (Wildman–Crippen MR) is 119 cm³/mol. The monoisotopic (exact) mass is 438 g/mol. The van der Waals surface area contributed by atoms with E-state index in [-0.39, 0.29) is 22.2 Å². The standard InChI is InChI=1S/C23H19ClN2O3S/c1-16-6-10-18(11-7-16)25-23(27)15-26-14-22(20-4-2-3-5-21(20)26)30(28,29)19-12-8-17(24)9-13-19/h2-14H,15H2,1H3,(H,25,27). The van der Waals surface area contributed by atoms with Crippen LogP contribution in [0.15, 0.2) is 88.8 Å². The number of hydrogen-bond donors (Lipinski definition) is 1. The van der Waals surface area contributed by atoms with E-state index >= 15 is 0 Å². The number of carbonyl (C=O) groups is 1. The lowest BCUT2D eigenvalue weighted by Gasteiger charge is -2.07. The van der Waals surface area contributed by atoms with E-state index in [0.29, 0.717) is 21.6 Å². The number of rotatable bonds is 5. The van der Waals surface area contributed by atoms with Gasteiger partial charge in [0.05, 0.1) is 9.79 Å². The number of anilines is 1. The van der Waals surface area contributed by atoms with Crippen molar-refractivity contribution in [2.75, 3.05) is 5.32 Å². The molecule has 7 heteroatoms. The highest BCUT2D eigenvalue weighted by Gasteiger charge is 2.23. The number of carbonyl (C=O) groups excluding carboxylic acids is 1. The molecule has 4 rings (SSSR count). The first-order valence-corrected chi connectivity index (χ1v) is 11.2. The Bertz CT molecular complexity index is 1330. The van der Waals surface area contributed by atoms with Crippen LogP contribution < -0.4 is 5.32 Å². The van der Waals surface area contributed by atoms with Gasteiger partial charge in [0.2, 0.25) is 15.7 Å². The number of benzene rings is 3. The van der Waals surface area contributed by atoms with Gasteiger partial charge < -0.3 is 9.88 Å². The Labute approximate surface area is 179 Å². The zero-order valence-electron chi connectivity index (χ0n) is 16.2. The zero-order chi connectivity index (χ0) is 21.3. The molecule has 0 radical (unpaired) electrons. The molecule has 1 aromatic heterocycles. The summed E-state index contributed by atoms with van der Waals surface area (Å²) >= 11 is 5.90. The van der Waals surface area contributed by atoms with Gasteiger partial charge >= 0.3 is 0 Å². The minimum absolute atomic E-state index is 0.00940. The molecule has 1 amide bonds. The summed E-state index contributed by atoms with van der Waals surface area (Å²) in [5.74, 6) is -0.241. The Kier molecular flexibility index (Phi) is 5.37. The molecule has 0 atom stereocenters. The molecule has 1 N–H and O–H groups in total. The molecule has 5 nitrogen and oxygen atoms in total. The lowest BCUT2D eigenvalue weighted by atomic mass is 10.2. The lowest BCUT2D eigenvalue weighted by Crippen LogP contribution is -2.18. The van der Waals surface area contributed by atoms with Crippen molar-refractivity contribution in [2.45, 2.75) is 23.3 Å². The molecule has 0 saturated carbocycles. The van der Waals surface area contributed by atoms with E-state index in [2.05, 4.69) is 5.32 Å². The second-order valence-corrected chi connectivity index (χ2v) is 9.36. The fraction of sp³-hybridized carbons (Fsp3) is 0.0870. The summed E-state index contributed by atoms with van der Waals surface area (Å²) in [5, 5.41) is 3.87. The molecule has 0 spiro atoms. The van der Waals surface area contributed by atoms with Crippen LogP contribution in [0.25, 0.3) is 10.9 Å². The van der Waals surface area contributed by atoms with E-state index in [1.807, 2.05) is 37.3 Å². The summed E-state index contributed by atoms with van der Waals surface area (Å²) in [6, 6.07) is 20.7. The van der Waals surface area contributed by atoms with Crippen LogP contribution in [0, 0.1) is 6.92 Å². The molecule has 0 aliphatic rings. The Morgan fingerprint density at radius 2 is 1.63 bits per heavy atom. The summed E-state index contributed by atoms with van der Waals surface area (Å²) < 4.78 is 28.1. The van der Waals surface area contributed by atoms with Crippen LogP contribution in [0.5, 0.6) is 0 Å². The highest BCUT2D eigenvalue weighted by molar-refractivity contribution is 7.91. The molecule has 0 bridgehead atoms. The second-order valence-electron chi connectivity index (χ2n) is 7.01. The molecule has 30 heavy (non-hydrogen) atoms. The summed E-state index contributed by atoms with van der Waals surface area (Å²) in [4.78, 5) is 12.9. The van der Waals surface area contributed by atoms with E-state index in [9.17, 15) is 13.2 Å². The summed E-state index contributed by atoms with van der Waals surface area (Å²) in [6.07, 6.45) is 1.52. The molecule has 152 valence electrons. The molecule has 0 saturated heterocycles. The Morgan fingerprint density at radius 3 is 2.33 bits per heavy atom. The molecule has 0 unspecified atom stereocenters. The number of nitrogens with zero attached hydrogens (tertiary/aromatic N) is 1. The molecule has 0 aliphatic heterocycles. The van der Waals surface area contributed by atoms with Gasteiger partial charge in [-0.3, -0.25) is 4.79 Å². The number of sulfone groups is 1. The highest BCUT2D eigenvalue weighted by Crippen LogP contribution is 2.30. The summed E-state index contributed by atoms with van der Waals surface area (Å²) in [7, 11) is -3.77. The van der Waals surface area contributed by atoms with Crippen molar-refractivity contribution in [1.82, 2.24) is 4.57 Å². The maximum Gasteiger partial charge on any atom is 0.244 e. The predicted octanol–water partition coefficient (Wildman–Crippen LogP) is 5.07. The quantitative estimate of drug-likeness (QED) is 0.472. The Morgan fingerprint density at radius 1 is 0.967 bits per heavy atom. The number of nitrogens with one attached hydrogen (secondary N) is 1. The average Bonchev–Trinajstić information content (AvgIpc) is 3.09. The fourth-order valence-electron chi connectivity index (χ4n) is 3.29. The van der Waals surface area contributed by atoms with Gasteiger partial charge in [0.15, 0.2) is 0 Å². The molecular formula is C23H19ClN2O3S. The third kappa shape index (κ3) is 3.97. The van der Waals surface area contributed by atoms with E-state index in [0.717, 1.165) is 5.56 Å². The lowest BCUT2D eigenvalue weighted by molar-refractivity contribution is -0.116. The van der Waals surface area contributed by atoms with Gasteiger partial charge in [-0.2, -0.15) is 0 Å². The smallest absolute Gasteiger partial charge is 0.244 e. The first-order chi connectivity index (χ1) is 14.3. The topological polar surface area (TPSA) is 68.2 Å². The van der Waals surface area contributed by atoms with E-state index < -0.39 is 9.84 Å². The van der Waals surface area contributed by atoms with Crippen LogP contribution in [0.3, 0.4) is 0 Å². The third-order valence-corrected chi connectivity index (χ3v) is 6.86. The van der Waals surface area contributed by atoms with E-state index in [4.69, 9.17) is 11.6 Å². The summed E-state index contributed by atoms with van der Waals surface area (Å²) in [5.41, 5.74) is 2.46. The van der Waals surface area contributed by atoms with Crippen LogP contribution >= 0.6 is 11.6 Å². The van der Waals surface area contributed by atoms with Crippen molar-refractivity contribution in [2.24, 2.45) is 0 Å². The molecule has 4 aromatic rings. The largest absolute Gasteiger partial charge is 0.337 e. The van der Waals surface area contributed by atoms with Crippen LogP contribution in [-0.2, 0) is 21.2 Å². The number of hydrogen-bond acceptors (Lipinski definition) is 3. The van der Waals surface area contributed by atoms with Crippen molar-refractivity contribution < 1.29 is 13.2 Å². The van der Waals surface area contributed by atoms with Crippen LogP contribution in [0.2, 0.25) is 5.02 Å². The van der Waals surface area contributed by atoms with Crippen molar-refractivity contribution in [1.29, 1.82) is 0 Å². The van der Waals surface area contributed by atoms with Gasteiger partial charge in [-0.15, -0.1) is 0 Å². The van der Waals surface area contributed by atoms with Crippen molar-refractivity contribution in [3.8, 4) is 0 Å².